The maximum Gasteiger partial charge on any atom is 0.416 e. The van der Waals surface area contributed by atoms with Crippen LogP contribution in [-0.4, -0.2) is 48.3 Å². The van der Waals surface area contributed by atoms with E-state index in [2.05, 4.69) is 5.32 Å². The predicted octanol–water partition coefficient (Wildman–Crippen LogP) is 1.96. The highest BCUT2D eigenvalue weighted by Crippen LogP contribution is 2.33. The summed E-state index contributed by atoms with van der Waals surface area (Å²) in [6.45, 7) is 3.86. The first kappa shape index (κ1) is 17.6. The Morgan fingerprint density at radius 2 is 2.22 bits per heavy atom. The molecular formula is C15H19F3N2O3. The molecule has 0 bridgehead atoms. The normalized spacial score (nSPS) is 19.6. The minimum absolute atomic E-state index is 0.173. The van der Waals surface area contributed by atoms with Gasteiger partial charge in [-0.25, -0.2) is 4.79 Å². The van der Waals surface area contributed by atoms with Crippen molar-refractivity contribution in [3.05, 3.63) is 29.3 Å². The molecule has 128 valence electrons. The van der Waals surface area contributed by atoms with Crippen LogP contribution in [0.1, 0.15) is 18.1 Å². The van der Waals surface area contributed by atoms with Gasteiger partial charge in [-0.3, -0.25) is 4.90 Å². The van der Waals surface area contributed by atoms with Gasteiger partial charge in [-0.05, 0) is 25.1 Å². The van der Waals surface area contributed by atoms with Crippen LogP contribution in [0.5, 0.6) is 5.75 Å². The minimum atomic E-state index is -4.45. The van der Waals surface area contributed by atoms with E-state index in [1.807, 2.05) is 11.8 Å². The molecule has 1 aromatic rings. The van der Waals surface area contributed by atoms with Crippen LogP contribution in [0.25, 0.3) is 0 Å². The highest BCUT2D eigenvalue weighted by molar-refractivity contribution is 5.68. The molecule has 8 heteroatoms. The molecule has 23 heavy (non-hydrogen) atoms. The van der Waals surface area contributed by atoms with Gasteiger partial charge in [-0.15, -0.1) is 0 Å². The highest BCUT2D eigenvalue weighted by atomic mass is 19.4. The number of nitrogens with zero attached hydrogens (tertiary/aromatic N) is 1. The minimum Gasteiger partial charge on any atom is -0.482 e. The second-order valence-electron chi connectivity index (χ2n) is 5.59. The van der Waals surface area contributed by atoms with E-state index in [-0.39, 0.29) is 18.3 Å². The number of aliphatic carboxylic acids is 1. The van der Waals surface area contributed by atoms with Crippen molar-refractivity contribution in [2.45, 2.75) is 25.7 Å². The molecule has 0 amide bonds. The molecule has 1 aliphatic heterocycles. The summed E-state index contributed by atoms with van der Waals surface area (Å²) in [5.41, 5.74) is -0.423. The molecule has 1 heterocycles. The Kier molecular flexibility index (Phi) is 5.48. The first-order chi connectivity index (χ1) is 10.8. The van der Waals surface area contributed by atoms with Gasteiger partial charge in [0.2, 0.25) is 0 Å². The third-order valence-electron chi connectivity index (χ3n) is 3.59. The molecule has 0 saturated carbocycles. The van der Waals surface area contributed by atoms with Gasteiger partial charge < -0.3 is 15.2 Å². The van der Waals surface area contributed by atoms with Gasteiger partial charge in [-0.2, -0.15) is 13.2 Å². The van der Waals surface area contributed by atoms with Crippen molar-refractivity contribution < 1.29 is 27.8 Å². The molecule has 0 aliphatic carbocycles. The molecule has 5 nitrogen and oxygen atoms in total. The number of carboxylic acid groups (broad SMARTS) is 1. The molecular weight excluding hydrogens is 313 g/mol. The average molecular weight is 332 g/mol. The third-order valence-corrected chi connectivity index (χ3v) is 3.59. The number of carbonyl (C=O) groups is 1. The van der Waals surface area contributed by atoms with E-state index < -0.39 is 24.3 Å². The first-order valence-electron chi connectivity index (χ1n) is 7.26. The summed E-state index contributed by atoms with van der Waals surface area (Å²) in [5.74, 6) is -1.00. The van der Waals surface area contributed by atoms with Crippen LogP contribution < -0.4 is 10.1 Å². The molecule has 1 aliphatic rings. The fraction of sp³-hybridized carbons (Fsp3) is 0.533. The number of nitrogens with one attached hydrogen (secondary N) is 1. The molecule has 0 aromatic heterocycles. The van der Waals surface area contributed by atoms with E-state index in [1.165, 1.54) is 6.07 Å². The van der Waals surface area contributed by atoms with Crippen LogP contribution in [0, 0.1) is 0 Å². The number of rotatable bonds is 5. The lowest BCUT2D eigenvalue weighted by atomic mass is 10.1. The van der Waals surface area contributed by atoms with Crippen LogP contribution >= 0.6 is 0 Å². The number of piperazine rings is 1. The Morgan fingerprint density at radius 1 is 1.48 bits per heavy atom. The van der Waals surface area contributed by atoms with Crippen molar-refractivity contribution in [2.75, 3.05) is 26.2 Å². The number of hydrogen-bond acceptors (Lipinski definition) is 4. The predicted molar refractivity (Wildman–Crippen MR) is 77.3 cm³/mol. The SMILES string of the molecule is C[C@H]1CN(Cc2cc(C(F)(F)F)ccc2OCC(=O)O)CCN1. The molecule has 2 rings (SSSR count). The highest BCUT2D eigenvalue weighted by Gasteiger charge is 2.31. The monoisotopic (exact) mass is 332 g/mol. The number of benzene rings is 1. The Bertz CT molecular complexity index is 563. The van der Waals surface area contributed by atoms with Gasteiger partial charge in [0.15, 0.2) is 6.61 Å². The molecule has 0 unspecified atom stereocenters. The molecule has 1 aromatic carbocycles. The lowest BCUT2D eigenvalue weighted by Crippen LogP contribution is -2.48. The summed E-state index contributed by atoms with van der Waals surface area (Å²) in [7, 11) is 0. The van der Waals surface area contributed by atoms with Gasteiger partial charge in [0.1, 0.15) is 5.75 Å². The third kappa shape index (κ3) is 5.11. The smallest absolute Gasteiger partial charge is 0.416 e. The van der Waals surface area contributed by atoms with E-state index in [0.717, 1.165) is 18.7 Å². The molecule has 1 atom stereocenters. The maximum atomic E-state index is 12.9. The van der Waals surface area contributed by atoms with Crippen molar-refractivity contribution in [3.63, 3.8) is 0 Å². The Hall–Kier alpha value is -1.80. The van der Waals surface area contributed by atoms with Crippen LogP contribution in [0.15, 0.2) is 18.2 Å². The molecule has 1 saturated heterocycles. The Labute approximate surface area is 132 Å². The van der Waals surface area contributed by atoms with Gasteiger partial charge in [0, 0.05) is 37.8 Å². The Balaban J connectivity index is 2.22. The van der Waals surface area contributed by atoms with E-state index in [4.69, 9.17) is 9.84 Å². The van der Waals surface area contributed by atoms with E-state index in [0.29, 0.717) is 18.7 Å². The van der Waals surface area contributed by atoms with Gasteiger partial charge in [0.05, 0.1) is 5.56 Å². The largest absolute Gasteiger partial charge is 0.482 e. The first-order valence-corrected chi connectivity index (χ1v) is 7.26. The zero-order chi connectivity index (χ0) is 17.0. The van der Waals surface area contributed by atoms with Crippen molar-refractivity contribution in [1.29, 1.82) is 0 Å². The number of ether oxygens (including phenoxy) is 1. The van der Waals surface area contributed by atoms with Gasteiger partial charge >= 0.3 is 12.1 Å². The number of alkyl halides is 3. The summed E-state index contributed by atoms with van der Waals surface area (Å²) in [6, 6.07) is 3.37. The van der Waals surface area contributed by atoms with Gasteiger partial charge in [-0.1, -0.05) is 0 Å². The number of carboxylic acids is 1. The quantitative estimate of drug-likeness (QED) is 0.863. The lowest BCUT2D eigenvalue weighted by Gasteiger charge is -2.32. The molecule has 2 N–H and O–H groups in total. The van der Waals surface area contributed by atoms with Crippen LogP contribution in [-0.2, 0) is 17.5 Å². The van der Waals surface area contributed by atoms with Crippen LogP contribution in [0.3, 0.4) is 0 Å². The fourth-order valence-corrected chi connectivity index (χ4v) is 2.56. The average Bonchev–Trinajstić information content (AvgIpc) is 2.44. The van der Waals surface area contributed by atoms with Crippen molar-refractivity contribution in [3.8, 4) is 5.75 Å². The summed E-state index contributed by atoms with van der Waals surface area (Å²) < 4.78 is 43.8. The van der Waals surface area contributed by atoms with Crippen molar-refractivity contribution in [1.82, 2.24) is 10.2 Å². The number of hydrogen-bond donors (Lipinski definition) is 2. The topological polar surface area (TPSA) is 61.8 Å². The summed E-state index contributed by atoms with van der Waals surface area (Å²) in [4.78, 5) is 12.6. The van der Waals surface area contributed by atoms with E-state index in [9.17, 15) is 18.0 Å². The Morgan fingerprint density at radius 3 is 2.83 bits per heavy atom. The van der Waals surface area contributed by atoms with Crippen LogP contribution in [0.4, 0.5) is 13.2 Å². The van der Waals surface area contributed by atoms with E-state index in [1.54, 1.807) is 0 Å². The summed E-state index contributed by atoms with van der Waals surface area (Å²) in [5, 5.41) is 11.9. The molecule has 0 spiro atoms. The second-order valence-corrected chi connectivity index (χ2v) is 5.59. The second kappa shape index (κ2) is 7.18. The van der Waals surface area contributed by atoms with Crippen LogP contribution in [0.2, 0.25) is 0 Å². The standard InChI is InChI=1S/C15H19F3N2O3/c1-10-7-20(5-4-19-10)8-11-6-12(15(16,17)18)2-3-13(11)23-9-14(21)22/h2-3,6,10,19H,4-5,7-9H2,1H3,(H,21,22)/t10-/m0/s1. The fourth-order valence-electron chi connectivity index (χ4n) is 2.56. The van der Waals surface area contributed by atoms with Crippen molar-refractivity contribution >= 4 is 5.97 Å². The van der Waals surface area contributed by atoms with Gasteiger partial charge in [0.25, 0.3) is 0 Å². The molecule has 1 fully saturated rings. The summed E-state index contributed by atoms with van der Waals surface area (Å²) in [6.07, 6.45) is -4.45. The zero-order valence-corrected chi connectivity index (χ0v) is 12.7. The van der Waals surface area contributed by atoms with E-state index >= 15 is 0 Å². The lowest BCUT2D eigenvalue weighted by molar-refractivity contribution is -0.140. The van der Waals surface area contributed by atoms with Crippen molar-refractivity contribution in [2.24, 2.45) is 0 Å². The summed E-state index contributed by atoms with van der Waals surface area (Å²) >= 11 is 0. The zero-order valence-electron chi connectivity index (χ0n) is 12.7. The molecule has 0 radical (unpaired) electrons. The number of halogens is 3. The maximum absolute atomic E-state index is 12.9.